The van der Waals surface area contributed by atoms with Crippen LogP contribution in [0.25, 0.3) is 0 Å². The van der Waals surface area contributed by atoms with E-state index in [4.69, 9.17) is 4.74 Å². The molecule has 1 aromatic heterocycles. The molecule has 1 amide bonds. The van der Waals surface area contributed by atoms with E-state index in [1.165, 1.54) is 0 Å². The van der Waals surface area contributed by atoms with Crippen molar-refractivity contribution in [2.45, 2.75) is 45.3 Å². The summed E-state index contributed by atoms with van der Waals surface area (Å²) in [7, 11) is 0. The molecule has 6 heteroatoms. The van der Waals surface area contributed by atoms with Gasteiger partial charge in [0.15, 0.2) is 0 Å². The van der Waals surface area contributed by atoms with Crippen molar-refractivity contribution in [3.8, 4) is 0 Å². The minimum absolute atomic E-state index is 0.0735. The van der Waals surface area contributed by atoms with E-state index in [1.54, 1.807) is 0 Å². The number of carbonyl (C=O) groups excluding carboxylic acids is 1. The maximum absolute atomic E-state index is 12.4. The SMILES string of the molecule is CC(C)(C)OC(=O)N1CCC[C@@H]1c1ccc(N2CCNCC2)nc1. The number of hydrogen-bond donors (Lipinski definition) is 1. The number of anilines is 1. The molecular weight excluding hydrogens is 304 g/mol. The number of pyridine rings is 1. The average molecular weight is 332 g/mol. The molecule has 0 saturated carbocycles. The first-order valence-electron chi connectivity index (χ1n) is 8.85. The quantitative estimate of drug-likeness (QED) is 0.902. The van der Waals surface area contributed by atoms with E-state index in [0.717, 1.165) is 56.9 Å². The molecule has 1 atom stereocenters. The molecule has 132 valence electrons. The first-order valence-corrected chi connectivity index (χ1v) is 8.85. The summed E-state index contributed by atoms with van der Waals surface area (Å²) in [6, 6.07) is 4.26. The van der Waals surface area contributed by atoms with Gasteiger partial charge in [-0.3, -0.25) is 0 Å². The Morgan fingerprint density at radius 2 is 2.00 bits per heavy atom. The summed E-state index contributed by atoms with van der Waals surface area (Å²) in [4.78, 5) is 21.2. The lowest BCUT2D eigenvalue weighted by molar-refractivity contribution is 0.0224. The third-order valence-corrected chi connectivity index (χ3v) is 4.48. The van der Waals surface area contributed by atoms with Crippen LogP contribution >= 0.6 is 0 Å². The summed E-state index contributed by atoms with van der Waals surface area (Å²) < 4.78 is 5.54. The summed E-state index contributed by atoms with van der Waals surface area (Å²) in [5, 5.41) is 3.35. The molecule has 0 unspecified atom stereocenters. The van der Waals surface area contributed by atoms with E-state index in [2.05, 4.69) is 27.3 Å². The highest BCUT2D eigenvalue weighted by atomic mass is 16.6. The van der Waals surface area contributed by atoms with Gasteiger partial charge in [-0.1, -0.05) is 6.07 Å². The van der Waals surface area contributed by atoms with Gasteiger partial charge in [0.25, 0.3) is 0 Å². The fourth-order valence-corrected chi connectivity index (χ4v) is 3.33. The van der Waals surface area contributed by atoms with Gasteiger partial charge in [-0.15, -0.1) is 0 Å². The molecule has 2 aliphatic rings. The maximum atomic E-state index is 12.4. The van der Waals surface area contributed by atoms with E-state index < -0.39 is 5.60 Å². The molecule has 1 N–H and O–H groups in total. The molecule has 24 heavy (non-hydrogen) atoms. The molecule has 0 radical (unpaired) electrons. The molecule has 2 saturated heterocycles. The Bertz CT molecular complexity index is 561. The minimum atomic E-state index is -0.464. The fraction of sp³-hybridized carbons (Fsp3) is 0.667. The summed E-state index contributed by atoms with van der Waals surface area (Å²) in [6.45, 7) is 10.4. The summed E-state index contributed by atoms with van der Waals surface area (Å²) >= 11 is 0. The van der Waals surface area contributed by atoms with E-state index in [-0.39, 0.29) is 12.1 Å². The van der Waals surface area contributed by atoms with Gasteiger partial charge < -0.3 is 19.9 Å². The first-order chi connectivity index (χ1) is 11.4. The van der Waals surface area contributed by atoms with Gasteiger partial charge in [0.2, 0.25) is 0 Å². The molecule has 2 aliphatic heterocycles. The third-order valence-electron chi connectivity index (χ3n) is 4.48. The normalized spacial score (nSPS) is 21.9. The molecule has 0 aliphatic carbocycles. The van der Waals surface area contributed by atoms with Gasteiger partial charge in [-0.25, -0.2) is 9.78 Å². The van der Waals surface area contributed by atoms with Crippen LogP contribution < -0.4 is 10.2 Å². The molecule has 1 aromatic rings. The van der Waals surface area contributed by atoms with Crippen LogP contribution in [-0.2, 0) is 4.74 Å². The summed E-state index contributed by atoms with van der Waals surface area (Å²) in [6.07, 6.45) is 3.67. The number of nitrogens with one attached hydrogen (secondary N) is 1. The number of ether oxygens (including phenoxy) is 1. The van der Waals surface area contributed by atoms with Crippen molar-refractivity contribution in [3.63, 3.8) is 0 Å². The maximum Gasteiger partial charge on any atom is 0.410 e. The van der Waals surface area contributed by atoms with Crippen LogP contribution in [0, 0.1) is 0 Å². The zero-order valence-electron chi connectivity index (χ0n) is 14.9. The molecule has 0 aromatic carbocycles. The topological polar surface area (TPSA) is 57.7 Å². The Hall–Kier alpha value is -1.82. The molecule has 3 rings (SSSR count). The highest BCUT2D eigenvalue weighted by molar-refractivity contribution is 5.69. The largest absolute Gasteiger partial charge is 0.444 e. The number of piperazine rings is 1. The molecular formula is C18H28N4O2. The number of likely N-dealkylation sites (tertiary alicyclic amines) is 1. The number of nitrogens with zero attached hydrogens (tertiary/aromatic N) is 3. The van der Waals surface area contributed by atoms with Crippen molar-refractivity contribution in [2.75, 3.05) is 37.6 Å². The zero-order valence-corrected chi connectivity index (χ0v) is 14.9. The first kappa shape index (κ1) is 17.0. The van der Waals surface area contributed by atoms with E-state index in [9.17, 15) is 4.79 Å². The van der Waals surface area contributed by atoms with Gasteiger partial charge in [0.1, 0.15) is 11.4 Å². The van der Waals surface area contributed by atoms with Gasteiger partial charge >= 0.3 is 6.09 Å². The smallest absolute Gasteiger partial charge is 0.410 e. The lowest BCUT2D eigenvalue weighted by atomic mass is 10.1. The van der Waals surface area contributed by atoms with Gasteiger partial charge in [0, 0.05) is 38.9 Å². The number of rotatable bonds is 2. The number of aromatic nitrogens is 1. The lowest BCUT2D eigenvalue weighted by Gasteiger charge is -2.30. The van der Waals surface area contributed by atoms with Crippen LogP contribution in [-0.4, -0.2) is 54.3 Å². The Balaban J connectivity index is 1.69. The Morgan fingerprint density at radius 1 is 1.25 bits per heavy atom. The summed E-state index contributed by atoms with van der Waals surface area (Å²) in [5.41, 5.74) is 0.631. The molecule has 0 bridgehead atoms. The van der Waals surface area contributed by atoms with E-state index in [0.29, 0.717) is 0 Å². The molecule has 2 fully saturated rings. The van der Waals surface area contributed by atoms with Crippen molar-refractivity contribution in [2.24, 2.45) is 0 Å². The minimum Gasteiger partial charge on any atom is -0.444 e. The Kier molecular flexibility index (Phi) is 4.94. The molecule has 6 nitrogen and oxygen atoms in total. The van der Waals surface area contributed by atoms with Gasteiger partial charge in [-0.2, -0.15) is 0 Å². The highest BCUT2D eigenvalue weighted by Gasteiger charge is 2.33. The van der Waals surface area contributed by atoms with Gasteiger partial charge in [-0.05, 0) is 45.2 Å². The molecule has 3 heterocycles. The van der Waals surface area contributed by atoms with Crippen molar-refractivity contribution >= 4 is 11.9 Å². The van der Waals surface area contributed by atoms with Gasteiger partial charge in [0.05, 0.1) is 6.04 Å². The van der Waals surface area contributed by atoms with Crippen molar-refractivity contribution in [1.82, 2.24) is 15.2 Å². The summed E-state index contributed by atoms with van der Waals surface area (Å²) in [5.74, 6) is 1.02. The Morgan fingerprint density at radius 3 is 2.62 bits per heavy atom. The molecule has 0 spiro atoms. The number of carbonyl (C=O) groups is 1. The van der Waals surface area contributed by atoms with Crippen LogP contribution in [0.3, 0.4) is 0 Å². The third kappa shape index (κ3) is 3.98. The predicted molar refractivity (Wildman–Crippen MR) is 94.2 cm³/mol. The van der Waals surface area contributed by atoms with Crippen LogP contribution in [0.15, 0.2) is 18.3 Å². The highest BCUT2D eigenvalue weighted by Crippen LogP contribution is 2.33. The Labute approximate surface area is 144 Å². The zero-order chi connectivity index (χ0) is 17.2. The fourth-order valence-electron chi connectivity index (χ4n) is 3.33. The van der Waals surface area contributed by atoms with Crippen LogP contribution in [0.1, 0.15) is 45.2 Å². The lowest BCUT2D eigenvalue weighted by Crippen LogP contribution is -2.43. The standard InChI is InChI=1S/C18H28N4O2/c1-18(2,3)24-17(23)22-10-4-5-15(22)14-6-7-16(20-13-14)21-11-8-19-9-12-21/h6-7,13,15,19H,4-5,8-12H2,1-3H3/t15-/m1/s1. The second-order valence-electron chi connectivity index (χ2n) is 7.52. The average Bonchev–Trinajstić information content (AvgIpc) is 3.04. The van der Waals surface area contributed by atoms with Crippen LogP contribution in [0.5, 0.6) is 0 Å². The number of amides is 1. The van der Waals surface area contributed by atoms with Crippen molar-refractivity contribution in [1.29, 1.82) is 0 Å². The van der Waals surface area contributed by atoms with E-state index >= 15 is 0 Å². The second kappa shape index (κ2) is 6.97. The second-order valence-corrected chi connectivity index (χ2v) is 7.52. The van der Waals surface area contributed by atoms with E-state index in [1.807, 2.05) is 31.9 Å². The van der Waals surface area contributed by atoms with Crippen LogP contribution in [0.4, 0.5) is 10.6 Å². The van der Waals surface area contributed by atoms with Crippen molar-refractivity contribution in [3.05, 3.63) is 23.9 Å². The monoisotopic (exact) mass is 332 g/mol. The number of hydrogen-bond acceptors (Lipinski definition) is 5. The van der Waals surface area contributed by atoms with Crippen LogP contribution in [0.2, 0.25) is 0 Å². The van der Waals surface area contributed by atoms with Crippen molar-refractivity contribution < 1.29 is 9.53 Å². The predicted octanol–water partition coefficient (Wildman–Crippen LogP) is 2.56.